The van der Waals surface area contributed by atoms with Crippen molar-refractivity contribution in [3.05, 3.63) is 230 Å². The van der Waals surface area contributed by atoms with Gasteiger partial charge < -0.3 is 9.13 Å². The van der Waals surface area contributed by atoms with Crippen LogP contribution in [0.5, 0.6) is 0 Å². The topological polar surface area (TPSA) is 9.86 Å². The minimum absolute atomic E-state index is 0.0622. The first kappa shape index (κ1) is 34.8. The maximum Gasteiger partial charge on any atom is 0.179 e. The van der Waals surface area contributed by atoms with Gasteiger partial charge in [0.2, 0.25) is 0 Å². The fourth-order valence-electron chi connectivity index (χ4n) is 10.7. The van der Waals surface area contributed by atoms with Crippen molar-refractivity contribution in [2.45, 2.75) is 19.3 Å². The third kappa shape index (κ3) is 4.87. The molecule has 0 fully saturated rings. The highest BCUT2D eigenvalue weighted by Gasteiger charge is 2.42. The Morgan fingerprint density at radius 3 is 1.43 bits per heavy atom. The number of para-hydroxylation sites is 3. The third-order valence-corrected chi connectivity index (χ3v) is 18.2. The van der Waals surface area contributed by atoms with Gasteiger partial charge in [-0.15, -0.1) is 0 Å². The maximum atomic E-state index is 2.52. The van der Waals surface area contributed by atoms with E-state index in [2.05, 4.69) is 241 Å². The molecule has 0 unspecified atom stereocenters. The smallest absolute Gasteiger partial charge is 0.179 e. The second-order valence-electron chi connectivity index (χ2n) is 16.9. The Morgan fingerprint density at radius 2 is 0.783 bits per heavy atom. The zero-order valence-electron chi connectivity index (χ0n) is 33.7. The van der Waals surface area contributed by atoms with E-state index in [1.165, 1.54) is 98.0 Å². The lowest BCUT2D eigenvalue weighted by Crippen LogP contribution is -2.74. The molecular weight excluding hydrogens is 741 g/mol. The van der Waals surface area contributed by atoms with Crippen LogP contribution in [0.4, 0.5) is 0 Å². The molecular formula is C57H42N2Si. The molecule has 0 radical (unpaired) electrons. The number of hydrogen-bond acceptors (Lipinski definition) is 0. The summed E-state index contributed by atoms with van der Waals surface area (Å²) in [6, 6.07) is 81.9. The van der Waals surface area contributed by atoms with Crippen LogP contribution < -0.4 is 20.7 Å². The molecule has 284 valence electrons. The van der Waals surface area contributed by atoms with Crippen LogP contribution in [0, 0.1) is 0 Å². The van der Waals surface area contributed by atoms with Crippen LogP contribution in [0.2, 0.25) is 0 Å². The summed E-state index contributed by atoms with van der Waals surface area (Å²) in [7, 11) is -2.88. The molecule has 0 atom stereocenters. The van der Waals surface area contributed by atoms with Crippen molar-refractivity contribution in [1.82, 2.24) is 9.13 Å². The van der Waals surface area contributed by atoms with E-state index in [4.69, 9.17) is 0 Å². The van der Waals surface area contributed by atoms with Crippen molar-refractivity contribution in [2.24, 2.45) is 0 Å². The minimum atomic E-state index is -2.88. The van der Waals surface area contributed by atoms with Gasteiger partial charge in [-0.2, -0.15) is 0 Å². The predicted molar refractivity (Wildman–Crippen MR) is 256 cm³/mol. The quantitative estimate of drug-likeness (QED) is 0.117. The molecule has 0 aliphatic heterocycles. The molecule has 12 rings (SSSR count). The van der Waals surface area contributed by atoms with E-state index in [-0.39, 0.29) is 5.41 Å². The first-order chi connectivity index (χ1) is 29.5. The van der Waals surface area contributed by atoms with E-state index in [9.17, 15) is 0 Å². The van der Waals surface area contributed by atoms with Gasteiger partial charge in [-0.05, 0) is 97.6 Å². The molecule has 0 bridgehead atoms. The first-order valence-electron chi connectivity index (χ1n) is 21.0. The van der Waals surface area contributed by atoms with E-state index in [1.54, 1.807) is 0 Å². The molecule has 0 spiro atoms. The Morgan fingerprint density at radius 1 is 0.317 bits per heavy atom. The summed E-state index contributed by atoms with van der Waals surface area (Å²) in [5.41, 5.74) is 12.7. The number of hydrogen-bond donors (Lipinski definition) is 0. The first-order valence-corrected chi connectivity index (χ1v) is 23.0. The summed E-state index contributed by atoms with van der Waals surface area (Å²) < 4.78 is 4.90. The fraction of sp³-hybridized carbons (Fsp3) is 0.0526. The zero-order chi connectivity index (χ0) is 40.0. The molecule has 0 saturated carbocycles. The average Bonchev–Trinajstić information content (AvgIpc) is 3.90. The van der Waals surface area contributed by atoms with Crippen molar-refractivity contribution in [2.75, 3.05) is 0 Å². The van der Waals surface area contributed by atoms with Crippen molar-refractivity contribution >= 4 is 72.4 Å². The molecule has 9 aromatic carbocycles. The lowest BCUT2D eigenvalue weighted by atomic mass is 9.82. The molecule has 3 heteroatoms. The molecule has 0 saturated heterocycles. The van der Waals surface area contributed by atoms with Gasteiger partial charge in [-0.3, -0.25) is 0 Å². The van der Waals surface area contributed by atoms with E-state index in [0.29, 0.717) is 0 Å². The van der Waals surface area contributed by atoms with Gasteiger partial charge in [0.25, 0.3) is 0 Å². The number of rotatable bonds is 6. The molecule has 2 nitrogen and oxygen atoms in total. The van der Waals surface area contributed by atoms with Crippen molar-refractivity contribution in [1.29, 1.82) is 0 Å². The van der Waals surface area contributed by atoms with Crippen molar-refractivity contribution in [3.63, 3.8) is 0 Å². The van der Waals surface area contributed by atoms with Crippen LogP contribution in [0.25, 0.3) is 66.1 Å². The molecule has 60 heavy (non-hydrogen) atoms. The van der Waals surface area contributed by atoms with E-state index < -0.39 is 8.07 Å². The molecule has 1 aliphatic rings. The predicted octanol–water partition coefficient (Wildman–Crippen LogP) is 11.6. The molecule has 0 amide bonds. The fourth-order valence-corrected chi connectivity index (χ4v) is 15.5. The summed E-state index contributed by atoms with van der Waals surface area (Å²) in [5, 5.41) is 10.6. The normalized spacial score (nSPS) is 13.3. The highest BCUT2D eigenvalue weighted by atomic mass is 28.3. The summed E-state index contributed by atoms with van der Waals surface area (Å²) in [4.78, 5) is 0. The van der Waals surface area contributed by atoms with Gasteiger partial charge in [0.05, 0.1) is 22.1 Å². The van der Waals surface area contributed by atoms with Gasteiger partial charge in [0, 0.05) is 38.3 Å². The lowest BCUT2D eigenvalue weighted by molar-refractivity contribution is 0.661. The van der Waals surface area contributed by atoms with Gasteiger partial charge >= 0.3 is 0 Å². The standard InChI is InChI=1S/C57H42N2Si/c1-57(2)51-27-15-12-24-45(51)48-38-56-50(37-52(48)57)47-26-14-17-29-54(47)59(56)40-30-32-43(33-31-40)60(41-20-8-4-9-21-41,42-22-10-5-11-23-42)44-34-35-55-49(36-44)46-25-13-16-28-53(46)58(55)39-18-6-3-7-19-39/h3-38H,1-2H3. The van der Waals surface area contributed by atoms with Crippen LogP contribution in [-0.2, 0) is 5.41 Å². The third-order valence-electron chi connectivity index (χ3n) is 13.5. The summed E-state index contributed by atoms with van der Waals surface area (Å²) >= 11 is 0. The van der Waals surface area contributed by atoms with E-state index in [0.717, 1.165) is 0 Å². The van der Waals surface area contributed by atoms with Crippen LogP contribution >= 0.6 is 0 Å². The second kappa shape index (κ2) is 13.2. The van der Waals surface area contributed by atoms with Gasteiger partial charge in [0.15, 0.2) is 8.07 Å². The van der Waals surface area contributed by atoms with Gasteiger partial charge in [-0.1, -0.05) is 178 Å². The highest BCUT2D eigenvalue weighted by Crippen LogP contribution is 2.51. The molecule has 11 aromatic rings. The Kier molecular flexibility index (Phi) is 7.63. The molecule has 2 heterocycles. The Bertz CT molecular complexity index is 3390. The van der Waals surface area contributed by atoms with Crippen LogP contribution in [0.3, 0.4) is 0 Å². The van der Waals surface area contributed by atoms with Gasteiger partial charge in [-0.25, -0.2) is 0 Å². The SMILES string of the molecule is CC1(C)c2ccccc2-c2cc3c(cc21)c1ccccc1n3-c1ccc([Si](c2ccccc2)(c2ccccc2)c2ccc3c(c2)c2ccccc2n3-c2ccccc2)cc1. The van der Waals surface area contributed by atoms with E-state index >= 15 is 0 Å². The Balaban J connectivity index is 1.10. The number of benzene rings is 9. The summed E-state index contributed by atoms with van der Waals surface area (Å²) in [6.45, 7) is 4.74. The summed E-state index contributed by atoms with van der Waals surface area (Å²) in [6.07, 6.45) is 0. The number of nitrogens with zero attached hydrogens (tertiary/aromatic N) is 2. The number of aromatic nitrogens is 2. The molecule has 2 aromatic heterocycles. The van der Waals surface area contributed by atoms with E-state index in [1.807, 2.05) is 0 Å². The summed E-state index contributed by atoms with van der Waals surface area (Å²) in [5.74, 6) is 0. The van der Waals surface area contributed by atoms with Crippen molar-refractivity contribution < 1.29 is 0 Å². The van der Waals surface area contributed by atoms with Gasteiger partial charge in [0.1, 0.15) is 0 Å². The lowest BCUT2D eigenvalue weighted by Gasteiger charge is -2.34. The Hall–Kier alpha value is -7.20. The molecule has 1 aliphatic carbocycles. The second-order valence-corrected chi connectivity index (χ2v) is 20.7. The Labute approximate surface area is 351 Å². The molecule has 0 N–H and O–H groups in total. The average molecular weight is 783 g/mol. The zero-order valence-corrected chi connectivity index (χ0v) is 34.7. The maximum absolute atomic E-state index is 2.88. The van der Waals surface area contributed by atoms with Crippen LogP contribution in [0.1, 0.15) is 25.0 Å². The van der Waals surface area contributed by atoms with Crippen LogP contribution in [-0.4, -0.2) is 17.2 Å². The van der Waals surface area contributed by atoms with Crippen LogP contribution in [0.15, 0.2) is 218 Å². The highest BCUT2D eigenvalue weighted by molar-refractivity contribution is 7.20. The minimum Gasteiger partial charge on any atom is -0.309 e. The monoisotopic (exact) mass is 782 g/mol. The van der Waals surface area contributed by atoms with Crippen molar-refractivity contribution in [3.8, 4) is 22.5 Å². The largest absolute Gasteiger partial charge is 0.309 e. The number of fused-ring (bicyclic) bond motifs is 9.